The quantitative estimate of drug-likeness (QED) is 0.0624. The Morgan fingerprint density at radius 1 is 1.00 bits per heavy atom. The Kier molecular flexibility index (Phi) is 15.6. The fourth-order valence-electron chi connectivity index (χ4n) is 7.54. The number of oxazole rings is 1. The predicted molar refractivity (Wildman–Crippen MR) is 240 cm³/mol. The molecule has 5 heterocycles. The van der Waals surface area contributed by atoms with Gasteiger partial charge in [0.15, 0.2) is 5.13 Å². The Morgan fingerprint density at radius 3 is 2.42 bits per heavy atom. The van der Waals surface area contributed by atoms with E-state index >= 15 is 0 Å². The predicted octanol–water partition coefficient (Wildman–Crippen LogP) is 7.26. The van der Waals surface area contributed by atoms with Crippen molar-refractivity contribution in [3.05, 3.63) is 65.1 Å². The van der Waals surface area contributed by atoms with E-state index in [1.165, 1.54) is 11.3 Å². The fourth-order valence-corrected chi connectivity index (χ4v) is 10.1. The molecular weight excluding hydrogens is 817 g/mol. The van der Waals surface area contributed by atoms with E-state index in [1.807, 2.05) is 29.5 Å². The van der Waals surface area contributed by atoms with Crippen LogP contribution in [-0.4, -0.2) is 98.5 Å². The molecule has 0 spiro atoms. The molecule has 3 atom stereocenters. The van der Waals surface area contributed by atoms with Crippen LogP contribution in [0, 0.1) is 18.3 Å². The van der Waals surface area contributed by atoms with E-state index in [9.17, 15) is 19.5 Å². The molecule has 6 rings (SSSR count). The molecule has 3 aromatic heterocycles. The average molecular weight is 879 g/mol. The van der Waals surface area contributed by atoms with E-state index in [4.69, 9.17) is 4.42 Å². The van der Waals surface area contributed by atoms with E-state index in [0.29, 0.717) is 49.3 Å². The summed E-state index contributed by atoms with van der Waals surface area (Å²) >= 11 is 4.68. The summed E-state index contributed by atoms with van der Waals surface area (Å²) in [5.41, 5.74) is 4.62. The largest absolute Gasteiger partial charge is 0.444 e. The summed E-state index contributed by atoms with van der Waals surface area (Å²) in [5.74, 6) is 2.00. The summed E-state index contributed by atoms with van der Waals surface area (Å²) in [6.45, 7) is 18.4. The van der Waals surface area contributed by atoms with Crippen LogP contribution in [0.15, 0.2) is 50.8 Å². The third-order valence-electron chi connectivity index (χ3n) is 11.3. The lowest BCUT2D eigenvalue weighted by Gasteiger charge is -2.36. The number of nitrogens with one attached hydrogen (secondary N) is 3. The van der Waals surface area contributed by atoms with Gasteiger partial charge in [-0.3, -0.25) is 19.3 Å². The summed E-state index contributed by atoms with van der Waals surface area (Å²) in [6.07, 6.45) is 6.99. The molecule has 1 aromatic carbocycles. The number of likely N-dealkylation sites (tertiary alicyclic amines) is 2. The van der Waals surface area contributed by atoms with Gasteiger partial charge in [-0.05, 0) is 75.2 Å². The van der Waals surface area contributed by atoms with E-state index in [1.54, 1.807) is 35.5 Å². The van der Waals surface area contributed by atoms with Crippen molar-refractivity contribution in [3.63, 3.8) is 0 Å². The number of rotatable bonds is 17. The molecule has 13 nitrogen and oxygen atoms in total. The highest BCUT2D eigenvalue weighted by atomic mass is 32.2. The zero-order valence-corrected chi connectivity index (χ0v) is 38.5. The number of thiazole rings is 2. The van der Waals surface area contributed by atoms with Crippen LogP contribution < -0.4 is 16.0 Å². The summed E-state index contributed by atoms with van der Waals surface area (Å²) < 4.78 is 6.89. The molecule has 0 radical (unpaired) electrons. The summed E-state index contributed by atoms with van der Waals surface area (Å²) in [5, 5.41) is 20.6. The molecule has 2 aliphatic rings. The number of carbonyl (C=O) groups excluding carboxylic acids is 3. The molecule has 0 bridgehead atoms. The molecule has 2 saturated heterocycles. The van der Waals surface area contributed by atoms with Gasteiger partial charge in [0.05, 0.1) is 50.6 Å². The number of β-amino-alcohol motifs (C(OH)–C–C–N with tert-alkyl or cyclic N) is 1. The minimum Gasteiger partial charge on any atom is -0.444 e. The summed E-state index contributed by atoms with van der Waals surface area (Å²) in [7, 11) is 0. The lowest BCUT2D eigenvalue weighted by Crippen LogP contribution is -2.54. The first kappa shape index (κ1) is 45.8. The number of unbranched alkanes of at least 4 members (excludes halogenated alkanes) is 1. The van der Waals surface area contributed by atoms with E-state index < -0.39 is 12.1 Å². The molecule has 60 heavy (non-hydrogen) atoms. The Morgan fingerprint density at radius 2 is 1.75 bits per heavy atom. The number of aromatic nitrogens is 3. The van der Waals surface area contributed by atoms with Gasteiger partial charge in [0.1, 0.15) is 5.76 Å². The second kappa shape index (κ2) is 20.5. The van der Waals surface area contributed by atoms with Crippen molar-refractivity contribution in [2.24, 2.45) is 11.3 Å². The van der Waals surface area contributed by atoms with Crippen LogP contribution in [-0.2, 0) is 32.1 Å². The van der Waals surface area contributed by atoms with Crippen molar-refractivity contribution >= 4 is 57.3 Å². The number of aryl methyl sites for hydroxylation is 1. The van der Waals surface area contributed by atoms with Crippen molar-refractivity contribution in [2.75, 3.05) is 38.0 Å². The third kappa shape index (κ3) is 12.9. The SMILES string of the molecule is Cc1ncsc1-c1ccc(CNC(=O)C2C[C@@H](O)CN2CC(NC(=O)CCCCN2CCC(C(=O)Nc3ncc(SCc4ncc(C(C)(C)C)o4)s3)CC2)C(C)(C)C)cc1. The normalized spacial score (nSPS) is 18.7. The molecule has 2 aliphatic heterocycles. The number of anilines is 1. The number of thioether (sulfide) groups is 1. The molecule has 2 fully saturated rings. The van der Waals surface area contributed by atoms with Gasteiger partial charge < -0.3 is 30.4 Å². The first-order chi connectivity index (χ1) is 28.5. The van der Waals surface area contributed by atoms with Crippen molar-refractivity contribution in [2.45, 2.75) is 127 Å². The maximum Gasteiger partial charge on any atom is 0.237 e. The number of amides is 3. The smallest absolute Gasteiger partial charge is 0.237 e. The van der Waals surface area contributed by atoms with Crippen molar-refractivity contribution in [1.29, 1.82) is 0 Å². The standard InChI is InChI=1S/C44H62N8O5S3/c1-28-39(59-27-48-28)30-13-11-29(12-14-30)21-46-41(56)33-20-32(53)24-52(33)25-34(43(2,3)4)49-36(54)10-8-9-17-51-18-15-31(16-19-51)40(55)50-42-47-23-38(60-42)58-26-37-45-22-35(57-37)44(5,6)7/h11-14,22-23,27,31-34,53H,8-10,15-21,24-26H2,1-7H3,(H,46,56)(H,49,54)(H,47,50,55)/t32-,33?,34?/m1/s1. The minimum absolute atomic E-state index is 0.000860. The van der Waals surface area contributed by atoms with E-state index in [0.717, 1.165) is 77.0 Å². The van der Waals surface area contributed by atoms with Crippen molar-refractivity contribution < 1.29 is 23.9 Å². The minimum atomic E-state index is -0.603. The Labute approximate surface area is 366 Å². The average Bonchev–Trinajstić information content (AvgIpc) is 4.03. The second-order valence-corrected chi connectivity index (χ2v) is 21.4. The topological polar surface area (TPSA) is 166 Å². The summed E-state index contributed by atoms with van der Waals surface area (Å²) in [4.78, 5) is 58.5. The number of hydrogen-bond donors (Lipinski definition) is 4. The summed E-state index contributed by atoms with van der Waals surface area (Å²) in [6, 6.07) is 7.49. The van der Waals surface area contributed by atoms with Gasteiger partial charge in [-0.1, -0.05) is 77.1 Å². The van der Waals surface area contributed by atoms with Crippen molar-refractivity contribution in [1.82, 2.24) is 35.4 Å². The number of aliphatic hydroxyl groups is 1. The zero-order valence-electron chi connectivity index (χ0n) is 36.1. The van der Waals surface area contributed by atoms with E-state index in [-0.39, 0.29) is 40.5 Å². The van der Waals surface area contributed by atoms with Crippen LogP contribution in [0.1, 0.15) is 103 Å². The highest BCUT2D eigenvalue weighted by Gasteiger charge is 2.39. The number of benzene rings is 1. The van der Waals surface area contributed by atoms with Crippen LogP contribution in [0.25, 0.3) is 10.4 Å². The monoisotopic (exact) mass is 878 g/mol. The lowest BCUT2D eigenvalue weighted by atomic mass is 9.86. The molecule has 3 amide bonds. The molecule has 0 aliphatic carbocycles. The second-order valence-electron chi connectivity index (χ2n) is 18.2. The van der Waals surface area contributed by atoms with Crippen LogP contribution in [0.3, 0.4) is 0 Å². The molecule has 4 aromatic rings. The van der Waals surface area contributed by atoms with Crippen LogP contribution in [0.2, 0.25) is 0 Å². The molecule has 2 unspecified atom stereocenters. The van der Waals surface area contributed by atoms with Gasteiger partial charge in [-0.25, -0.2) is 15.0 Å². The van der Waals surface area contributed by atoms with Crippen molar-refractivity contribution in [3.8, 4) is 10.4 Å². The van der Waals surface area contributed by atoms with Crippen LogP contribution in [0.4, 0.5) is 5.13 Å². The maximum absolute atomic E-state index is 13.4. The first-order valence-corrected chi connectivity index (χ1v) is 23.8. The molecule has 16 heteroatoms. The fraction of sp³-hybridized carbons (Fsp3) is 0.591. The van der Waals surface area contributed by atoms with Gasteiger partial charge >= 0.3 is 0 Å². The van der Waals surface area contributed by atoms with Gasteiger partial charge in [-0.15, -0.1) is 23.1 Å². The van der Waals surface area contributed by atoms with Crippen LogP contribution >= 0.6 is 34.4 Å². The number of nitrogens with zero attached hydrogens (tertiary/aromatic N) is 5. The molecular formula is C44H62N8O5S3. The zero-order chi connectivity index (χ0) is 43.0. The molecule has 4 N–H and O–H groups in total. The first-order valence-electron chi connectivity index (χ1n) is 21.1. The number of hydrogen-bond acceptors (Lipinski definition) is 13. The highest BCUT2D eigenvalue weighted by molar-refractivity contribution is 8.00. The Balaban J connectivity index is 0.875. The van der Waals surface area contributed by atoms with E-state index in [2.05, 4.69) is 89.5 Å². The van der Waals surface area contributed by atoms with Gasteiger partial charge in [0.2, 0.25) is 23.6 Å². The molecule has 326 valence electrons. The van der Waals surface area contributed by atoms with Gasteiger partial charge in [0, 0.05) is 43.4 Å². The third-order valence-corrected chi connectivity index (χ3v) is 14.4. The Bertz CT molecular complexity index is 2030. The van der Waals surface area contributed by atoms with Crippen LogP contribution in [0.5, 0.6) is 0 Å². The number of carbonyl (C=O) groups is 3. The number of aliphatic hydroxyl groups excluding tert-OH is 1. The maximum atomic E-state index is 13.4. The molecule has 0 saturated carbocycles. The van der Waals surface area contributed by atoms with Gasteiger partial charge in [-0.2, -0.15) is 0 Å². The lowest BCUT2D eigenvalue weighted by molar-refractivity contribution is -0.126. The Hall–Kier alpha value is -3.67. The van der Waals surface area contributed by atoms with Gasteiger partial charge in [0.25, 0.3) is 0 Å². The highest BCUT2D eigenvalue weighted by Crippen LogP contribution is 2.33. The number of piperidine rings is 1.